The van der Waals surface area contributed by atoms with Crippen LogP contribution in [0, 0.1) is 13.8 Å². The molecule has 0 spiro atoms. The Balaban J connectivity index is 2.39. The number of aliphatic hydroxyl groups is 1. The van der Waals surface area contributed by atoms with E-state index in [4.69, 9.17) is 0 Å². The molecule has 0 aliphatic carbocycles. The Morgan fingerprint density at radius 2 is 2.00 bits per heavy atom. The summed E-state index contributed by atoms with van der Waals surface area (Å²) in [5, 5.41) is 13.1. The zero-order chi connectivity index (χ0) is 19.4. The minimum Gasteiger partial charge on any atom is -0.386 e. The standard InChI is InChI=1S/C19H23N3O3S/c1-6-17(25)22(10-16-9-20-19(26-16)13(4)23)15-7-11(2)18(12(3)8-15)21-14(5)24/h6-9,13,23H,1,10H2,2-5H3,(H,21,24). The first-order valence-electron chi connectivity index (χ1n) is 8.18. The maximum Gasteiger partial charge on any atom is 0.250 e. The van der Waals surface area contributed by atoms with Gasteiger partial charge in [0.1, 0.15) is 11.1 Å². The highest BCUT2D eigenvalue weighted by molar-refractivity contribution is 7.11. The number of rotatable bonds is 6. The maximum absolute atomic E-state index is 12.4. The summed E-state index contributed by atoms with van der Waals surface area (Å²) in [5.41, 5.74) is 3.20. The molecule has 1 unspecified atom stereocenters. The monoisotopic (exact) mass is 373 g/mol. The largest absolute Gasteiger partial charge is 0.386 e. The van der Waals surface area contributed by atoms with Gasteiger partial charge in [-0.1, -0.05) is 6.58 Å². The summed E-state index contributed by atoms with van der Waals surface area (Å²) in [6, 6.07) is 3.71. The van der Waals surface area contributed by atoms with Crippen LogP contribution < -0.4 is 10.2 Å². The Morgan fingerprint density at radius 1 is 1.38 bits per heavy atom. The van der Waals surface area contributed by atoms with Gasteiger partial charge in [0.2, 0.25) is 5.91 Å². The van der Waals surface area contributed by atoms with Crippen molar-refractivity contribution in [2.75, 3.05) is 10.2 Å². The third kappa shape index (κ3) is 4.56. The Hall–Kier alpha value is -2.51. The molecule has 2 N–H and O–H groups in total. The smallest absolute Gasteiger partial charge is 0.250 e. The van der Waals surface area contributed by atoms with Gasteiger partial charge in [0.25, 0.3) is 5.91 Å². The molecule has 1 heterocycles. The summed E-state index contributed by atoms with van der Waals surface area (Å²) in [4.78, 5) is 30.4. The van der Waals surface area contributed by atoms with E-state index in [1.807, 2.05) is 26.0 Å². The van der Waals surface area contributed by atoms with Crippen LogP contribution in [0.4, 0.5) is 11.4 Å². The molecule has 0 saturated carbocycles. The molecule has 7 heteroatoms. The number of nitrogens with one attached hydrogen (secondary N) is 1. The SMILES string of the molecule is C=CC(=O)N(Cc1cnc(C(C)O)s1)c1cc(C)c(NC(C)=O)c(C)c1. The van der Waals surface area contributed by atoms with Crippen molar-refractivity contribution in [3.05, 3.63) is 52.0 Å². The van der Waals surface area contributed by atoms with Gasteiger partial charge in [-0.2, -0.15) is 0 Å². The van der Waals surface area contributed by atoms with Gasteiger partial charge in [0.05, 0.1) is 6.54 Å². The summed E-state index contributed by atoms with van der Waals surface area (Å²) in [6.45, 7) is 10.8. The van der Waals surface area contributed by atoms with E-state index in [-0.39, 0.29) is 11.8 Å². The molecule has 1 atom stereocenters. The van der Waals surface area contributed by atoms with Crippen LogP contribution in [-0.4, -0.2) is 21.9 Å². The number of aromatic nitrogens is 1. The van der Waals surface area contributed by atoms with Gasteiger partial charge in [-0.15, -0.1) is 11.3 Å². The Morgan fingerprint density at radius 3 is 2.46 bits per heavy atom. The van der Waals surface area contributed by atoms with E-state index in [2.05, 4.69) is 16.9 Å². The second-order valence-corrected chi connectivity index (χ2v) is 7.25. The first-order valence-corrected chi connectivity index (χ1v) is 9.00. The zero-order valence-corrected chi connectivity index (χ0v) is 16.2. The highest BCUT2D eigenvalue weighted by Crippen LogP contribution is 2.29. The predicted octanol–water partition coefficient (Wildman–Crippen LogP) is 3.49. The van der Waals surface area contributed by atoms with Crippen LogP contribution in [-0.2, 0) is 16.1 Å². The van der Waals surface area contributed by atoms with Crippen LogP contribution in [0.15, 0.2) is 31.0 Å². The van der Waals surface area contributed by atoms with Gasteiger partial charge < -0.3 is 15.3 Å². The second-order valence-electron chi connectivity index (χ2n) is 6.11. The van der Waals surface area contributed by atoms with Crippen molar-refractivity contribution in [2.24, 2.45) is 0 Å². The van der Waals surface area contributed by atoms with Crippen molar-refractivity contribution < 1.29 is 14.7 Å². The van der Waals surface area contributed by atoms with Gasteiger partial charge in [0.15, 0.2) is 0 Å². The van der Waals surface area contributed by atoms with Gasteiger partial charge in [0, 0.05) is 29.4 Å². The first-order chi connectivity index (χ1) is 12.2. The van der Waals surface area contributed by atoms with Crippen LogP contribution in [0.2, 0.25) is 0 Å². The van der Waals surface area contributed by atoms with Crippen molar-refractivity contribution in [3.8, 4) is 0 Å². The Bertz CT molecular complexity index is 819. The quantitative estimate of drug-likeness (QED) is 0.760. The Labute approximate surface area is 157 Å². The number of hydrogen-bond donors (Lipinski definition) is 2. The molecule has 26 heavy (non-hydrogen) atoms. The average molecular weight is 373 g/mol. The van der Waals surface area contributed by atoms with E-state index < -0.39 is 6.10 Å². The maximum atomic E-state index is 12.4. The van der Waals surface area contributed by atoms with Crippen LogP contribution in [0.25, 0.3) is 0 Å². The molecule has 2 amide bonds. The second kappa shape index (κ2) is 8.25. The summed E-state index contributed by atoms with van der Waals surface area (Å²) in [6.07, 6.45) is 2.29. The number of hydrogen-bond acceptors (Lipinski definition) is 5. The molecule has 6 nitrogen and oxygen atoms in total. The number of nitrogens with zero attached hydrogens (tertiary/aromatic N) is 2. The van der Waals surface area contributed by atoms with Crippen molar-refractivity contribution in [1.82, 2.24) is 4.98 Å². The third-order valence-electron chi connectivity index (χ3n) is 3.81. The molecular formula is C19H23N3O3S. The molecule has 1 aromatic carbocycles. The van der Waals surface area contributed by atoms with Gasteiger partial charge in [-0.3, -0.25) is 9.59 Å². The lowest BCUT2D eigenvalue weighted by atomic mass is 10.1. The van der Waals surface area contributed by atoms with Gasteiger partial charge >= 0.3 is 0 Å². The summed E-state index contributed by atoms with van der Waals surface area (Å²) < 4.78 is 0. The van der Waals surface area contributed by atoms with Crippen molar-refractivity contribution in [3.63, 3.8) is 0 Å². The summed E-state index contributed by atoms with van der Waals surface area (Å²) in [7, 11) is 0. The minimum absolute atomic E-state index is 0.140. The predicted molar refractivity (Wildman–Crippen MR) is 104 cm³/mol. The number of anilines is 2. The van der Waals surface area contributed by atoms with E-state index in [0.717, 1.165) is 21.7 Å². The van der Waals surface area contributed by atoms with Crippen molar-refractivity contribution in [1.29, 1.82) is 0 Å². The van der Waals surface area contributed by atoms with Crippen LogP contribution in [0.3, 0.4) is 0 Å². The lowest BCUT2D eigenvalue weighted by molar-refractivity contribution is -0.115. The molecule has 0 fully saturated rings. The van der Waals surface area contributed by atoms with Gasteiger partial charge in [-0.05, 0) is 50.1 Å². The topological polar surface area (TPSA) is 82.5 Å². The number of aryl methyl sites for hydroxylation is 2. The number of thiazole rings is 1. The van der Waals surface area contributed by atoms with E-state index in [1.165, 1.54) is 24.3 Å². The van der Waals surface area contributed by atoms with Crippen LogP contribution >= 0.6 is 11.3 Å². The minimum atomic E-state index is -0.640. The molecule has 0 aliphatic rings. The lowest BCUT2D eigenvalue weighted by Crippen LogP contribution is -2.28. The molecule has 0 saturated heterocycles. The van der Waals surface area contributed by atoms with Gasteiger partial charge in [-0.25, -0.2) is 4.98 Å². The lowest BCUT2D eigenvalue weighted by Gasteiger charge is -2.23. The fourth-order valence-electron chi connectivity index (χ4n) is 2.62. The number of amides is 2. The fourth-order valence-corrected chi connectivity index (χ4v) is 3.46. The average Bonchev–Trinajstić information content (AvgIpc) is 3.04. The number of carbonyl (C=O) groups is 2. The number of carbonyl (C=O) groups excluding carboxylic acids is 2. The molecule has 2 aromatic rings. The third-order valence-corrected chi connectivity index (χ3v) is 4.97. The number of benzene rings is 1. The van der Waals surface area contributed by atoms with Crippen LogP contribution in [0.1, 0.15) is 41.0 Å². The molecule has 0 aliphatic heterocycles. The van der Waals surface area contributed by atoms with E-state index in [0.29, 0.717) is 17.2 Å². The van der Waals surface area contributed by atoms with E-state index >= 15 is 0 Å². The summed E-state index contributed by atoms with van der Waals surface area (Å²) >= 11 is 1.37. The zero-order valence-electron chi connectivity index (χ0n) is 15.4. The molecule has 2 rings (SSSR count). The molecule has 1 aromatic heterocycles. The van der Waals surface area contributed by atoms with E-state index in [1.54, 1.807) is 18.0 Å². The fraction of sp³-hybridized carbons (Fsp3) is 0.316. The molecule has 0 bridgehead atoms. The molecule has 138 valence electrons. The van der Waals surface area contributed by atoms with Crippen molar-refractivity contribution >= 4 is 34.5 Å². The van der Waals surface area contributed by atoms with Crippen molar-refractivity contribution in [2.45, 2.75) is 40.3 Å². The Kier molecular flexibility index (Phi) is 6.28. The number of aliphatic hydroxyl groups excluding tert-OH is 1. The molecule has 0 radical (unpaired) electrons. The first kappa shape index (κ1) is 19.8. The molecular weight excluding hydrogens is 350 g/mol. The highest BCUT2D eigenvalue weighted by Gasteiger charge is 2.18. The van der Waals surface area contributed by atoms with Crippen LogP contribution in [0.5, 0.6) is 0 Å². The highest BCUT2D eigenvalue weighted by atomic mass is 32.1. The normalized spacial score (nSPS) is 11.7. The summed E-state index contributed by atoms with van der Waals surface area (Å²) in [5.74, 6) is -0.374. The van der Waals surface area contributed by atoms with E-state index in [9.17, 15) is 14.7 Å².